The maximum Gasteiger partial charge on any atom is 0.108 e. The molecule has 19 heavy (non-hydrogen) atoms. The molecule has 0 unspecified atom stereocenters. The molecule has 3 rings (SSSR count). The number of aromatic nitrogens is 1. The van der Waals surface area contributed by atoms with E-state index in [-0.39, 0.29) is 0 Å². The Kier molecular flexibility index (Phi) is 3.92. The van der Waals surface area contributed by atoms with Gasteiger partial charge in [0.25, 0.3) is 0 Å². The van der Waals surface area contributed by atoms with Gasteiger partial charge in [0.15, 0.2) is 0 Å². The molecule has 3 aromatic rings. The maximum atomic E-state index is 4.61. The highest BCUT2D eigenvalue weighted by Crippen LogP contribution is 2.21. The van der Waals surface area contributed by atoms with Crippen LogP contribution in [0, 0.1) is 0 Å². The Hall–Kier alpha value is -1.23. The first-order valence-corrected chi connectivity index (χ1v) is 7.72. The van der Waals surface area contributed by atoms with Crippen LogP contribution in [0.5, 0.6) is 0 Å². The van der Waals surface area contributed by atoms with E-state index >= 15 is 0 Å². The number of hydrogen-bond donors (Lipinski definition) is 1. The normalized spacial score (nSPS) is 11.0. The molecule has 1 aromatic heterocycles. The van der Waals surface area contributed by atoms with Crippen molar-refractivity contribution in [2.24, 2.45) is 0 Å². The van der Waals surface area contributed by atoms with E-state index in [0.29, 0.717) is 0 Å². The van der Waals surface area contributed by atoms with Crippen molar-refractivity contribution < 1.29 is 0 Å². The number of hydrogen-bond acceptors (Lipinski definition) is 3. The van der Waals surface area contributed by atoms with Gasteiger partial charge in [0.05, 0.1) is 10.2 Å². The van der Waals surface area contributed by atoms with Gasteiger partial charge < -0.3 is 5.32 Å². The first-order valence-electron chi connectivity index (χ1n) is 6.11. The molecule has 0 aliphatic rings. The summed E-state index contributed by atoms with van der Waals surface area (Å²) in [5.41, 5.74) is 2.36. The van der Waals surface area contributed by atoms with Gasteiger partial charge in [0.2, 0.25) is 0 Å². The van der Waals surface area contributed by atoms with Crippen molar-refractivity contribution in [1.29, 1.82) is 0 Å². The summed E-state index contributed by atoms with van der Waals surface area (Å²) < 4.78 is 2.37. The van der Waals surface area contributed by atoms with Crippen molar-refractivity contribution in [3.8, 4) is 0 Å². The summed E-state index contributed by atoms with van der Waals surface area (Å²) in [6.45, 7) is 1.67. The summed E-state index contributed by atoms with van der Waals surface area (Å²) in [5.74, 6) is 0. The van der Waals surface area contributed by atoms with Crippen LogP contribution in [0.15, 0.2) is 53.0 Å². The van der Waals surface area contributed by atoms with Crippen LogP contribution in [0.3, 0.4) is 0 Å². The van der Waals surface area contributed by atoms with Crippen LogP contribution in [0.4, 0.5) is 0 Å². The number of nitrogens with one attached hydrogen (secondary N) is 1. The van der Waals surface area contributed by atoms with E-state index in [2.05, 4.69) is 62.6 Å². The minimum atomic E-state index is 0.811. The molecular weight excluding hydrogens is 320 g/mol. The Morgan fingerprint density at radius 1 is 1.05 bits per heavy atom. The van der Waals surface area contributed by atoms with Crippen LogP contribution in [0.1, 0.15) is 10.6 Å². The average Bonchev–Trinajstić information content (AvgIpc) is 2.81. The number of thiazole rings is 1. The molecular formula is C15H13BrN2S. The van der Waals surface area contributed by atoms with Crippen LogP contribution in [-0.4, -0.2) is 4.98 Å². The molecule has 0 aliphatic carbocycles. The molecule has 2 nitrogen and oxygen atoms in total. The number of benzene rings is 2. The third-order valence-corrected chi connectivity index (χ3v) is 4.36. The van der Waals surface area contributed by atoms with Crippen molar-refractivity contribution in [2.75, 3.05) is 0 Å². The predicted molar refractivity (Wildman–Crippen MR) is 84.3 cm³/mol. The minimum absolute atomic E-state index is 0.811. The third-order valence-electron chi connectivity index (χ3n) is 2.83. The highest BCUT2D eigenvalue weighted by atomic mass is 79.9. The smallest absolute Gasteiger partial charge is 0.108 e. The Morgan fingerprint density at radius 3 is 2.79 bits per heavy atom. The molecule has 0 atom stereocenters. The van der Waals surface area contributed by atoms with Gasteiger partial charge in [-0.25, -0.2) is 4.98 Å². The van der Waals surface area contributed by atoms with E-state index < -0.39 is 0 Å². The van der Waals surface area contributed by atoms with Crippen LogP contribution in [-0.2, 0) is 13.1 Å². The summed E-state index contributed by atoms with van der Waals surface area (Å²) in [6.07, 6.45) is 0. The third kappa shape index (κ3) is 3.21. The van der Waals surface area contributed by atoms with Crippen molar-refractivity contribution in [3.05, 3.63) is 63.6 Å². The highest BCUT2D eigenvalue weighted by Gasteiger charge is 2.02. The van der Waals surface area contributed by atoms with Crippen molar-refractivity contribution >= 4 is 37.5 Å². The van der Waals surface area contributed by atoms with E-state index in [1.807, 2.05) is 12.1 Å². The molecule has 0 fully saturated rings. The molecule has 1 N–H and O–H groups in total. The molecule has 96 valence electrons. The Balaban J connectivity index is 1.63. The molecule has 2 aromatic carbocycles. The Labute approximate surface area is 124 Å². The number of rotatable bonds is 4. The zero-order valence-electron chi connectivity index (χ0n) is 10.3. The fourth-order valence-corrected chi connectivity index (χ4v) is 3.34. The summed E-state index contributed by atoms with van der Waals surface area (Å²) in [5, 5.41) is 4.57. The topological polar surface area (TPSA) is 24.9 Å². The summed E-state index contributed by atoms with van der Waals surface area (Å²) in [6, 6.07) is 16.6. The van der Waals surface area contributed by atoms with Gasteiger partial charge in [-0.1, -0.05) is 40.2 Å². The second-order valence-electron chi connectivity index (χ2n) is 4.31. The molecule has 0 bridgehead atoms. The van der Waals surface area contributed by atoms with E-state index in [0.717, 1.165) is 28.1 Å². The second kappa shape index (κ2) is 5.82. The average molecular weight is 333 g/mol. The molecule has 0 spiro atoms. The first-order chi connectivity index (χ1) is 9.31. The van der Waals surface area contributed by atoms with Crippen LogP contribution >= 0.6 is 27.3 Å². The Bertz CT molecular complexity index is 660. The molecule has 0 saturated heterocycles. The van der Waals surface area contributed by atoms with Gasteiger partial charge >= 0.3 is 0 Å². The fourth-order valence-electron chi connectivity index (χ4n) is 1.96. The first kappa shape index (κ1) is 12.8. The SMILES string of the molecule is Brc1cccc(CNCc2nc3ccccc3s2)c1. The van der Waals surface area contributed by atoms with Gasteiger partial charge in [-0.2, -0.15) is 0 Å². The highest BCUT2D eigenvalue weighted by molar-refractivity contribution is 9.10. The minimum Gasteiger partial charge on any atom is -0.306 e. The van der Waals surface area contributed by atoms with Gasteiger partial charge in [-0.15, -0.1) is 11.3 Å². The quantitative estimate of drug-likeness (QED) is 0.768. The van der Waals surface area contributed by atoms with Crippen molar-refractivity contribution in [2.45, 2.75) is 13.1 Å². The van der Waals surface area contributed by atoms with Gasteiger partial charge in [-0.05, 0) is 29.8 Å². The van der Waals surface area contributed by atoms with E-state index in [9.17, 15) is 0 Å². The van der Waals surface area contributed by atoms with Gasteiger partial charge in [-0.3, -0.25) is 0 Å². The largest absolute Gasteiger partial charge is 0.306 e. The van der Waals surface area contributed by atoms with Gasteiger partial charge in [0, 0.05) is 17.6 Å². The number of para-hydroxylation sites is 1. The van der Waals surface area contributed by atoms with E-state index in [1.165, 1.54) is 10.3 Å². The molecule has 4 heteroatoms. The van der Waals surface area contributed by atoms with E-state index in [4.69, 9.17) is 0 Å². The lowest BCUT2D eigenvalue weighted by Gasteiger charge is -2.03. The molecule has 0 saturated carbocycles. The van der Waals surface area contributed by atoms with Crippen molar-refractivity contribution in [1.82, 2.24) is 10.3 Å². The maximum absolute atomic E-state index is 4.61. The molecule has 0 aliphatic heterocycles. The molecule has 0 amide bonds. The second-order valence-corrected chi connectivity index (χ2v) is 6.34. The lowest BCUT2D eigenvalue weighted by molar-refractivity contribution is 0.691. The zero-order valence-corrected chi connectivity index (χ0v) is 12.7. The number of halogens is 1. The number of nitrogens with zero attached hydrogens (tertiary/aromatic N) is 1. The van der Waals surface area contributed by atoms with Gasteiger partial charge in [0.1, 0.15) is 5.01 Å². The molecule has 0 radical (unpaired) electrons. The zero-order chi connectivity index (χ0) is 13.1. The van der Waals surface area contributed by atoms with E-state index in [1.54, 1.807) is 11.3 Å². The summed E-state index contributed by atoms with van der Waals surface area (Å²) in [4.78, 5) is 4.61. The standard InChI is InChI=1S/C15H13BrN2S/c16-12-5-3-4-11(8-12)9-17-10-15-18-13-6-1-2-7-14(13)19-15/h1-8,17H,9-10H2. The van der Waals surface area contributed by atoms with Crippen molar-refractivity contribution in [3.63, 3.8) is 0 Å². The number of fused-ring (bicyclic) bond motifs is 1. The summed E-state index contributed by atoms with van der Waals surface area (Å²) in [7, 11) is 0. The Morgan fingerprint density at radius 2 is 1.95 bits per heavy atom. The lowest BCUT2D eigenvalue weighted by Crippen LogP contribution is -2.12. The van der Waals surface area contributed by atoms with Crippen LogP contribution in [0.25, 0.3) is 10.2 Å². The van der Waals surface area contributed by atoms with Crippen LogP contribution in [0.2, 0.25) is 0 Å². The monoisotopic (exact) mass is 332 g/mol. The molecule has 1 heterocycles. The lowest BCUT2D eigenvalue weighted by atomic mass is 10.2. The fraction of sp³-hybridized carbons (Fsp3) is 0.133. The van der Waals surface area contributed by atoms with Crippen LogP contribution < -0.4 is 5.32 Å². The summed E-state index contributed by atoms with van der Waals surface area (Å²) >= 11 is 5.24. The predicted octanol–water partition coefficient (Wildman–Crippen LogP) is 4.35.